The first-order chi connectivity index (χ1) is 10.2. The van der Waals surface area contributed by atoms with Crippen molar-refractivity contribution < 1.29 is 14.3 Å². The highest BCUT2D eigenvalue weighted by atomic mass is 16.5. The maximum absolute atomic E-state index is 12.3. The third-order valence-electron chi connectivity index (χ3n) is 4.20. The Kier molecular flexibility index (Phi) is 5.44. The smallest absolute Gasteiger partial charge is 0.227 e. The number of hydrogen-bond donors (Lipinski definition) is 2. The molecule has 0 atom stereocenters. The van der Waals surface area contributed by atoms with Crippen molar-refractivity contribution in [2.75, 3.05) is 26.1 Å². The van der Waals surface area contributed by atoms with E-state index in [1.807, 2.05) is 6.07 Å². The predicted octanol–water partition coefficient (Wildman–Crippen LogP) is 2.41. The van der Waals surface area contributed by atoms with Gasteiger partial charge in [0, 0.05) is 17.7 Å². The Balaban J connectivity index is 1.96. The van der Waals surface area contributed by atoms with Crippen molar-refractivity contribution in [1.29, 1.82) is 0 Å². The monoisotopic (exact) mass is 292 g/mol. The van der Waals surface area contributed by atoms with Gasteiger partial charge in [-0.3, -0.25) is 4.79 Å². The van der Waals surface area contributed by atoms with Crippen LogP contribution in [-0.2, 0) is 4.79 Å². The molecule has 5 nitrogen and oxygen atoms in total. The van der Waals surface area contributed by atoms with Gasteiger partial charge in [0.15, 0.2) is 11.5 Å². The Labute approximate surface area is 125 Å². The van der Waals surface area contributed by atoms with Crippen molar-refractivity contribution in [3.63, 3.8) is 0 Å². The molecule has 1 aromatic carbocycles. The van der Waals surface area contributed by atoms with E-state index < -0.39 is 0 Å². The number of hydrogen-bond acceptors (Lipinski definition) is 4. The second kappa shape index (κ2) is 7.31. The van der Waals surface area contributed by atoms with Gasteiger partial charge < -0.3 is 20.5 Å². The van der Waals surface area contributed by atoms with Gasteiger partial charge in [-0.15, -0.1) is 0 Å². The van der Waals surface area contributed by atoms with Gasteiger partial charge in [-0.2, -0.15) is 0 Å². The SMILES string of the molecule is COc1ccc(NC(=O)C2CCC(CN)CC2)cc1OC. The topological polar surface area (TPSA) is 73.6 Å². The molecule has 1 aliphatic rings. The lowest BCUT2D eigenvalue weighted by Gasteiger charge is -2.26. The molecule has 1 amide bonds. The summed E-state index contributed by atoms with van der Waals surface area (Å²) in [6.07, 6.45) is 3.92. The molecule has 3 N–H and O–H groups in total. The van der Waals surface area contributed by atoms with E-state index in [0.29, 0.717) is 17.4 Å². The lowest BCUT2D eigenvalue weighted by Crippen LogP contribution is -2.29. The van der Waals surface area contributed by atoms with Crippen LogP contribution >= 0.6 is 0 Å². The minimum Gasteiger partial charge on any atom is -0.493 e. The van der Waals surface area contributed by atoms with Gasteiger partial charge in [-0.05, 0) is 50.3 Å². The zero-order valence-corrected chi connectivity index (χ0v) is 12.7. The van der Waals surface area contributed by atoms with Crippen LogP contribution in [0.1, 0.15) is 25.7 Å². The van der Waals surface area contributed by atoms with Crippen LogP contribution in [-0.4, -0.2) is 26.7 Å². The highest BCUT2D eigenvalue weighted by Gasteiger charge is 2.25. The summed E-state index contributed by atoms with van der Waals surface area (Å²) < 4.78 is 10.4. The summed E-state index contributed by atoms with van der Waals surface area (Å²) in [5.74, 6) is 2.01. The largest absolute Gasteiger partial charge is 0.493 e. The predicted molar refractivity (Wildman–Crippen MR) is 82.7 cm³/mol. The maximum atomic E-state index is 12.3. The van der Waals surface area contributed by atoms with Gasteiger partial charge in [0.1, 0.15) is 0 Å². The zero-order valence-electron chi connectivity index (χ0n) is 12.7. The molecular weight excluding hydrogens is 268 g/mol. The number of rotatable bonds is 5. The molecule has 0 aliphatic heterocycles. The van der Waals surface area contributed by atoms with Crippen LogP contribution in [0.15, 0.2) is 18.2 Å². The maximum Gasteiger partial charge on any atom is 0.227 e. The number of benzene rings is 1. The van der Waals surface area contributed by atoms with Crippen LogP contribution in [0.25, 0.3) is 0 Å². The highest BCUT2D eigenvalue weighted by Crippen LogP contribution is 2.32. The number of carbonyl (C=O) groups is 1. The highest BCUT2D eigenvalue weighted by molar-refractivity contribution is 5.92. The van der Waals surface area contributed by atoms with Crippen molar-refractivity contribution >= 4 is 11.6 Å². The summed E-state index contributed by atoms with van der Waals surface area (Å²) in [5.41, 5.74) is 6.42. The van der Waals surface area contributed by atoms with E-state index in [0.717, 1.165) is 37.9 Å². The summed E-state index contributed by atoms with van der Waals surface area (Å²) in [5, 5.41) is 2.96. The Morgan fingerprint density at radius 1 is 1.19 bits per heavy atom. The van der Waals surface area contributed by atoms with Crippen LogP contribution in [0.5, 0.6) is 11.5 Å². The van der Waals surface area contributed by atoms with Gasteiger partial charge in [0.05, 0.1) is 14.2 Å². The molecule has 0 saturated heterocycles. The minimum atomic E-state index is 0.0812. The zero-order chi connectivity index (χ0) is 15.2. The van der Waals surface area contributed by atoms with Gasteiger partial charge in [-0.25, -0.2) is 0 Å². The van der Waals surface area contributed by atoms with Crippen LogP contribution in [0.2, 0.25) is 0 Å². The van der Waals surface area contributed by atoms with Crippen LogP contribution in [0.4, 0.5) is 5.69 Å². The first-order valence-electron chi connectivity index (χ1n) is 7.41. The number of ether oxygens (including phenoxy) is 2. The molecule has 0 spiro atoms. The quantitative estimate of drug-likeness (QED) is 0.874. The third kappa shape index (κ3) is 3.88. The molecule has 0 heterocycles. The number of nitrogens with one attached hydrogen (secondary N) is 1. The van der Waals surface area contributed by atoms with Gasteiger partial charge in [-0.1, -0.05) is 0 Å². The van der Waals surface area contributed by atoms with E-state index in [9.17, 15) is 4.79 Å². The normalized spacial score (nSPS) is 21.7. The molecule has 1 aliphatic carbocycles. The average Bonchev–Trinajstić information content (AvgIpc) is 2.54. The molecule has 0 unspecified atom stereocenters. The first-order valence-corrected chi connectivity index (χ1v) is 7.41. The van der Waals surface area contributed by atoms with Crippen molar-refractivity contribution in [3.8, 4) is 11.5 Å². The number of methoxy groups -OCH3 is 2. The molecule has 1 aromatic rings. The lowest BCUT2D eigenvalue weighted by molar-refractivity contribution is -0.121. The van der Waals surface area contributed by atoms with E-state index in [1.54, 1.807) is 26.4 Å². The number of nitrogens with two attached hydrogens (primary N) is 1. The Bertz CT molecular complexity index is 482. The van der Waals surface area contributed by atoms with Crippen LogP contribution in [0, 0.1) is 11.8 Å². The summed E-state index contributed by atoms with van der Waals surface area (Å²) in [7, 11) is 3.17. The van der Waals surface area contributed by atoms with E-state index in [-0.39, 0.29) is 11.8 Å². The standard InChI is InChI=1S/C16H24N2O3/c1-20-14-8-7-13(9-15(14)21-2)18-16(19)12-5-3-11(10-17)4-6-12/h7-9,11-12H,3-6,10,17H2,1-2H3,(H,18,19). The van der Waals surface area contributed by atoms with Gasteiger partial charge >= 0.3 is 0 Å². The fourth-order valence-corrected chi connectivity index (χ4v) is 2.82. The first kappa shape index (κ1) is 15.6. The van der Waals surface area contributed by atoms with Crippen molar-refractivity contribution in [3.05, 3.63) is 18.2 Å². The summed E-state index contributed by atoms with van der Waals surface area (Å²) >= 11 is 0. The summed E-state index contributed by atoms with van der Waals surface area (Å²) in [6, 6.07) is 5.40. The lowest BCUT2D eigenvalue weighted by atomic mass is 9.81. The number of carbonyl (C=O) groups excluding carboxylic acids is 1. The Hall–Kier alpha value is -1.75. The molecular formula is C16H24N2O3. The van der Waals surface area contributed by atoms with E-state index >= 15 is 0 Å². The van der Waals surface area contributed by atoms with E-state index in [2.05, 4.69) is 5.32 Å². The summed E-state index contributed by atoms with van der Waals surface area (Å²) in [4.78, 5) is 12.3. The molecule has 5 heteroatoms. The summed E-state index contributed by atoms with van der Waals surface area (Å²) in [6.45, 7) is 0.726. The minimum absolute atomic E-state index is 0.0812. The molecule has 0 bridgehead atoms. The fraction of sp³-hybridized carbons (Fsp3) is 0.562. The third-order valence-corrected chi connectivity index (χ3v) is 4.20. The van der Waals surface area contributed by atoms with Crippen molar-refractivity contribution in [1.82, 2.24) is 0 Å². The Morgan fingerprint density at radius 3 is 2.43 bits per heavy atom. The van der Waals surface area contributed by atoms with Crippen molar-refractivity contribution in [2.24, 2.45) is 17.6 Å². The molecule has 1 saturated carbocycles. The van der Waals surface area contributed by atoms with E-state index in [4.69, 9.17) is 15.2 Å². The second-order valence-electron chi connectivity index (χ2n) is 5.51. The number of amides is 1. The van der Waals surface area contributed by atoms with Crippen LogP contribution in [0.3, 0.4) is 0 Å². The molecule has 21 heavy (non-hydrogen) atoms. The van der Waals surface area contributed by atoms with Gasteiger partial charge in [0.25, 0.3) is 0 Å². The van der Waals surface area contributed by atoms with Crippen molar-refractivity contribution in [2.45, 2.75) is 25.7 Å². The Morgan fingerprint density at radius 2 is 1.86 bits per heavy atom. The fourth-order valence-electron chi connectivity index (χ4n) is 2.82. The van der Waals surface area contributed by atoms with Gasteiger partial charge in [0.2, 0.25) is 5.91 Å². The molecule has 2 rings (SSSR count). The molecule has 0 radical (unpaired) electrons. The van der Waals surface area contributed by atoms with Crippen LogP contribution < -0.4 is 20.5 Å². The number of anilines is 1. The molecule has 0 aromatic heterocycles. The second-order valence-corrected chi connectivity index (χ2v) is 5.51. The molecule has 116 valence electrons. The molecule has 1 fully saturated rings. The average molecular weight is 292 g/mol. The van der Waals surface area contributed by atoms with E-state index in [1.165, 1.54) is 0 Å².